The summed E-state index contributed by atoms with van der Waals surface area (Å²) in [5, 5.41) is 14.0. The van der Waals surface area contributed by atoms with Crippen LogP contribution < -0.4 is 4.74 Å². The van der Waals surface area contributed by atoms with Gasteiger partial charge in [-0.3, -0.25) is 0 Å². The summed E-state index contributed by atoms with van der Waals surface area (Å²) in [7, 11) is 1.59. The molecule has 2 aromatic carbocycles. The molecule has 0 bridgehead atoms. The van der Waals surface area contributed by atoms with Crippen molar-refractivity contribution in [3.63, 3.8) is 0 Å². The van der Waals surface area contributed by atoms with E-state index in [1.165, 1.54) is 0 Å². The normalized spacial score (nSPS) is 12.4. The van der Waals surface area contributed by atoms with Crippen LogP contribution in [0, 0.1) is 0 Å². The first-order valence-electron chi connectivity index (χ1n) is 7.41. The molecule has 0 aliphatic carbocycles. The maximum absolute atomic E-state index is 11.7. The van der Waals surface area contributed by atoms with E-state index in [0.29, 0.717) is 11.5 Å². The number of rotatable bonds is 3. The van der Waals surface area contributed by atoms with Gasteiger partial charge in [0.2, 0.25) is 0 Å². The van der Waals surface area contributed by atoms with Crippen LogP contribution in [0.4, 0.5) is 0 Å². The number of fused-ring (bicyclic) bond motifs is 3. The summed E-state index contributed by atoms with van der Waals surface area (Å²) < 4.78 is 7.13. The van der Waals surface area contributed by atoms with Gasteiger partial charge in [0.1, 0.15) is 11.4 Å². The molecule has 1 aliphatic rings. The number of aromatic carboxylic acids is 1. The molecule has 0 atom stereocenters. The number of hydrogen-bond acceptors (Lipinski definition) is 4. The van der Waals surface area contributed by atoms with Crippen molar-refractivity contribution in [2.24, 2.45) is 0 Å². The maximum Gasteiger partial charge on any atom is 0.356 e. The number of hydrogen-bond donors (Lipinski definition) is 1. The maximum atomic E-state index is 11.7. The zero-order chi connectivity index (χ0) is 16.7. The number of ether oxygens (including phenoxy) is 1. The lowest BCUT2D eigenvalue weighted by Crippen LogP contribution is -2.04. The number of methoxy groups -OCH3 is 1. The average molecular weight is 338 g/mol. The van der Waals surface area contributed by atoms with E-state index < -0.39 is 5.97 Å². The van der Waals surface area contributed by atoms with Gasteiger partial charge in [0.15, 0.2) is 5.69 Å². The summed E-state index contributed by atoms with van der Waals surface area (Å²) >= 11 is 1.63. The van der Waals surface area contributed by atoms with Gasteiger partial charge in [-0.05, 0) is 18.2 Å². The van der Waals surface area contributed by atoms with E-state index in [-0.39, 0.29) is 5.69 Å². The third kappa shape index (κ3) is 2.18. The monoisotopic (exact) mass is 338 g/mol. The van der Waals surface area contributed by atoms with Gasteiger partial charge in [0, 0.05) is 21.8 Å². The van der Waals surface area contributed by atoms with E-state index in [9.17, 15) is 9.90 Å². The summed E-state index contributed by atoms with van der Waals surface area (Å²) in [6.07, 6.45) is 0. The Kier molecular flexibility index (Phi) is 3.54. The molecule has 0 saturated carbocycles. The van der Waals surface area contributed by atoms with E-state index in [1.807, 2.05) is 48.5 Å². The van der Waals surface area contributed by atoms with Crippen molar-refractivity contribution < 1.29 is 14.6 Å². The fourth-order valence-electron chi connectivity index (χ4n) is 2.95. The highest BCUT2D eigenvalue weighted by Crippen LogP contribution is 2.44. The van der Waals surface area contributed by atoms with Gasteiger partial charge in [0.25, 0.3) is 0 Å². The van der Waals surface area contributed by atoms with Gasteiger partial charge in [-0.25, -0.2) is 9.48 Å². The van der Waals surface area contributed by atoms with Crippen molar-refractivity contribution in [3.8, 4) is 22.7 Å². The van der Waals surface area contributed by atoms with Crippen molar-refractivity contribution in [3.05, 3.63) is 59.8 Å². The van der Waals surface area contributed by atoms with E-state index in [1.54, 1.807) is 23.6 Å². The molecule has 6 heteroatoms. The quantitative estimate of drug-likeness (QED) is 0.786. The molecule has 1 aromatic heterocycles. The first-order chi connectivity index (χ1) is 11.7. The smallest absolute Gasteiger partial charge is 0.356 e. The molecule has 120 valence electrons. The fourth-order valence-corrected chi connectivity index (χ4v) is 4.02. The summed E-state index contributed by atoms with van der Waals surface area (Å²) in [6.45, 7) is 0. The summed E-state index contributed by atoms with van der Waals surface area (Å²) in [5.41, 5.74) is 3.39. The van der Waals surface area contributed by atoms with Crippen LogP contribution in [0.25, 0.3) is 16.9 Å². The van der Waals surface area contributed by atoms with Crippen LogP contribution in [0.5, 0.6) is 5.75 Å². The summed E-state index contributed by atoms with van der Waals surface area (Å²) in [6, 6.07) is 15.5. The topological polar surface area (TPSA) is 64.4 Å². The van der Waals surface area contributed by atoms with E-state index >= 15 is 0 Å². The molecule has 0 radical (unpaired) electrons. The van der Waals surface area contributed by atoms with Gasteiger partial charge < -0.3 is 9.84 Å². The average Bonchev–Trinajstić information content (AvgIpc) is 3.02. The van der Waals surface area contributed by atoms with Crippen molar-refractivity contribution >= 4 is 17.7 Å². The minimum absolute atomic E-state index is 0.0953. The molecule has 1 N–H and O–H groups in total. The standard InChI is InChI=1S/C18H14N2O3S/c1-23-14-8-4-3-7-13(14)20-17-11-6-2-5-9-15(11)24-10-12(17)16(19-20)18(21)22/h2-9H,10H2,1H3,(H,21,22). The number of benzene rings is 2. The van der Waals surface area contributed by atoms with E-state index in [2.05, 4.69) is 5.10 Å². The first-order valence-corrected chi connectivity index (χ1v) is 8.40. The van der Waals surface area contributed by atoms with Crippen molar-refractivity contribution in [1.82, 2.24) is 9.78 Å². The number of thioether (sulfide) groups is 1. The lowest BCUT2D eigenvalue weighted by molar-refractivity contribution is 0.0689. The van der Waals surface area contributed by atoms with Crippen molar-refractivity contribution in [1.29, 1.82) is 0 Å². The Morgan fingerprint density at radius 2 is 1.96 bits per heavy atom. The van der Waals surface area contributed by atoms with E-state index in [4.69, 9.17) is 4.74 Å². The minimum Gasteiger partial charge on any atom is -0.494 e. The SMILES string of the molecule is COc1ccccc1-n1nc(C(=O)O)c2c1-c1ccccc1SC2. The Bertz CT molecular complexity index is 949. The van der Waals surface area contributed by atoms with Gasteiger partial charge in [-0.15, -0.1) is 11.8 Å². The Morgan fingerprint density at radius 1 is 1.21 bits per heavy atom. The number of carboxylic acid groups (broad SMARTS) is 1. The van der Waals surface area contributed by atoms with Crippen LogP contribution in [0.1, 0.15) is 16.1 Å². The van der Waals surface area contributed by atoms with Gasteiger partial charge in [0.05, 0.1) is 12.8 Å². The number of carbonyl (C=O) groups is 1. The molecule has 5 nitrogen and oxygen atoms in total. The van der Waals surface area contributed by atoms with Crippen molar-refractivity contribution in [2.45, 2.75) is 10.6 Å². The third-order valence-corrected chi connectivity index (χ3v) is 5.11. The van der Waals surface area contributed by atoms with Crippen LogP contribution in [0.2, 0.25) is 0 Å². The second-order valence-corrected chi connectivity index (χ2v) is 6.37. The highest BCUT2D eigenvalue weighted by molar-refractivity contribution is 7.98. The predicted octanol–water partition coefficient (Wildman–Crippen LogP) is 3.85. The van der Waals surface area contributed by atoms with Gasteiger partial charge >= 0.3 is 5.97 Å². The third-order valence-electron chi connectivity index (χ3n) is 4.01. The zero-order valence-electron chi connectivity index (χ0n) is 12.9. The molecule has 0 amide bonds. The molecule has 4 rings (SSSR count). The Hall–Kier alpha value is -2.73. The minimum atomic E-state index is -1.01. The highest BCUT2D eigenvalue weighted by Gasteiger charge is 2.29. The molecule has 0 unspecified atom stereocenters. The fraction of sp³-hybridized carbons (Fsp3) is 0.111. The number of aromatic nitrogens is 2. The zero-order valence-corrected chi connectivity index (χ0v) is 13.7. The highest BCUT2D eigenvalue weighted by atomic mass is 32.2. The Labute approximate surface area is 142 Å². The molecule has 24 heavy (non-hydrogen) atoms. The predicted molar refractivity (Wildman–Crippen MR) is 92.1 cm³/mol. The van der Waals surface area contributed by atoms with Crippen LogP contribution in [-0.4, -0.2) is 28.0 Å². The number of carboxylic acids is 1. The molecule has 0 saturated heterocycles. The number of para-hydroxylation sites is 2. The van der Waals surface area contributed by atoms with Crippen LogP contribution >= 0.6 is 11.8 Å². The molecule has 0 spiro atoms. The molecule has 3 aromatic rings. The second-order valence-electron chi connectivity index (χ2n) is 5.35. The van der Waals surface area contributed by atoms with E-state index in [0.717, 1.165) is 27.4 Å². The summed E-state index contributed by atoms with van der Waals surface area (Å²) in [4.78, 5) is 12.8. The Balaban J connectivity index is 2.05. The molecule has 0 fully saturated rings. The molecular weight excluding hydrogens is 324 g/mol. The largest absolute Gasteiger partial charge is 0.494 e. The van der Waals surface area contributed by atoms with Crippen LogP contribution in [0.3, 0.4) is 0 Å². The van der Waals surface area contributed by atoms with Gasteiger partial charge in [-0.1, -0.05) is 30.3 Å². The number of nitrogens with zero attached hydrogens (tertiary/aromatic N) is 2. The first kappa shape index (κ1) is 14.8. The molecule has 2 heterocycles. The Morgan fingerprint density at radius 3 is 2.75 bits per heavy atom. The van der Waals surface area contributed by atoms with Crippen molar-refractivity contribution in [2.75, 3.05) is 7.11 Å². The lowest BCUT2D eigenvalue weighted by Gasteiger charge is -2.18. The molecular formula is C18H14N2O3S. The van der Waals surface area contributed by atoms with Crippen LogP contribution in [-0.2, 0) is 5.75 Å². The lowest BCUT2D eigenvalue weighted by atomic mass is 10.1. The summed E-state index contributed by atoms with van der Waals surface area (Å²) in [5.74, 6) is 0.221. The molecule has 1 aliphatic heterocycles. The van der Waals surface area contributed by atoms with Gasteiger partial charge in [-0.2, -0.15) is 5.10 Å². The second kappa shape index (κ2) is 5.72. The van der Waals surface area contributed by atoms with Crippen LogP contribution in [0.15, 0.2) is 53.4 Å².